The van der Waals surface area contributed by atoms with E-state index in [9.17, 15) is 19.3 Å². The minimum atomic E-state index is -0.613. The quantitative estimate of drug-likeness (QED) is 0.604. The summed E-state index contributed by atoms with van der Waals surface area (Å²) >= 11 is 0. The lowest BCUT2D eigenvalue weighted by Gasteiger charge is -2.40. The van der Waals surface area contributed by atoms with Crippen molar-refractivity contribution in [2.45, 2.75) is 52.8 Å². The third kappa shape index (κ3) is 4.91. The summed E-state index contributed by atoms with van der Waals surface area (Å²) in [4.78, 5) is 26.5. The Balaban J connectivity index is 2.06. The predicted molar refractivity (Wildman–Crippen MR) is 95.5 cm³/mol. The third-order valence-electron chi connectivity index (χ3n) is 4.38. The molecule has 26 heavy (non-hydrogen) atoms. The molecular formula is C18H26FN3O4. The summed E-state index contributed by atoms with van der Waals surface area (Å²) in [5, 5.41) is 11.1. The molecule has 0 spiro atoms. The zero-order valence-corrected chi connectivity index (χ0v) is 15.9. The molecule has 1 heterocycles. The van der Waals surface area contributed by atoms with E-state index < -0.39 is 16.3 Å². The van der Waals surface area contributed by atoms with E-state index in [0.29, 0.717) is 37.3 Å². The molecule has 1 aromatic rings. The van der Waals surface area contributed by atoms with Gasteiger partial charge in [-0.1, -0.05) is 0 Å². The van der Waals surface area contributed by atoms with Crippen LogP contribution in [0.5, 0.6) is 0 Å². The van der Waals surface area contributed by atoms with Gasteiger partial charge in [0.1, 0.15) is 11.4 Å². The average Bonchev–Trinajstić information content (AvgIpc) is 2.48. The van der Waals surface area contributed by atoms with E-state index in [1.807, 2.05) is 27.7 Å². The zero-order valence-electron chi connectivity index (χ0n) is 15.9. The highest BCUT2D eigenvalue weighted by atomic mass is 19.1. The number of carbonyl (C=O) groups is 1. The molecule has 1 aliphatic rings. The van der Waals surface area contributed by atoms with Gasteiger partial charge in [0.2, 0.25) is 0 Å². The third-order valence-corrected chi connectivity index (χ3v) is 4.38. The van der Waals surface area contributed by atoms with Crippen LogP contribution in [0.1, 0.15) is 38.8 Å². The molecule has 1 unspecified atom stereocenters. The molecule has 0 bridgehead atoms. The first-order valence-electron chi connectivity index (χ1n) is 8.63. The van der Waals surface area contributed by atoms with E-state index >= 15 is 0 Å². The minimum absolute atomic E-state index is 0.0672. The lowest BCUT2D eigenvalue weighted by atomic mass is 10.0. The Hall–Kier alpha value is -2.22. The number of piperazine rings is 1. The molecule has 1 amide bonds. The molecule has 1 atom stereocenters. The monoisotopic (exact) mass is 367 g/mol. The van der Waals surface area contributed by atoms with Crippen molar-refractivity contribution in [2.24, 2.45) is 0 Å². The summed E-state index contributed by atoms with van der Waals surface area (Å²) in [6, 6.07) is 2.22. The average molecular weight is 367 g/mol. The highest BCUT2D eigenvalue weighted by Gasteiger charge is 2.31. The number of ether oxygens (including phenoxy) is 1. The Morgan fingerprint density at radius 3 is 2.58 bits per heavy atom. The van der Waals surface area contributed by atoms with Gasteiger partial charge in [-0.3, -0.25) is 15.0 Å². The van der Waals surface area contributed by atoms with Crippen molar-refractivity contribution in [1.29, 1.82) is 0 Å². The number of nitro groups is 1. The van der Waals surface area contributed by atoms with E-state index in [1.165, 1.54) is 6.07 Å². The number of carbonyl (C=O) groups excluding carboxylic acids is 1. The fraction of sp³-hybridized carbons (Fsp3) is 0.611. The molecule has 0 saturated carbocycles. The van der Waals surface area contributed by atoms with Crippen molar-refractivity contribution in [1.82, 2.24) is 9.80 Å². The van der Waals surface area contributed by atoms with Gasteiger partial charge in [-0.25, -0.2) is 9.18 Å². The number of rotatable bonds is 3. The van der Waals surface area contributed by atoms with Crippen molar-refractivity contribution in [2.75, 3.05) is 19.6 Å². The number of halogens is 1. The lowest BCUT2D eigenvalue weighted by Crippen LogP contribution is -2.54. The SMILES string of the molecule is Cc1c(CN2CCN(C(=O)OC(C)(C)C)C(C)C2)cc(F)cc1[N+](=O)[O-]. The van der Waals surface area contributed by atoms with Gasteiger partial charge in [-0.05, 0) is 46.2 Å². The lowest BCUT2D eigenvalue weighted by molar-refractivity contribution is -0.385. The number of amides is 1. The second kappa shape index (κ2) is 7.57. The highest BCUT2D eigenvalue weighted by molar-refractivity contribution is 5.68. The maximum absolute atomic E-state index is 13.7. The fourth-order valence-electron chi connectivity index (χ4n) is 3.08. The van der Waals surface area contributed by atoms with Crippen LogP contribution >= 0.6 is 0 Å². The van der Waals surface area contributed by atoms with Crippen molar-refractivity contribution in [3.8, 4) is 0 Å². The Bertz CT molecular complexity index is 702. The maximum Gasteiger partial charge on any atom is 0.410 e. The molecule has 0 aliphatic carbocycles. The second-order valence-corrected chi connectivity index (χ2v) is 7.72. The molecule has 0 radical (unpaired) electrons. The summed E-state index contributed by atoms with van der Waals surface area (Å²) in [5.74, 6) is -0.613. The molecule has 1 saturated heterocycles. The topological polar surface area (TPSA) is 75.9 Å². The Kier molecular flexibility index (Phi) is 5.85. The molecule has 8 heteroatoms. The Labute approximate surface area is 152 Å². The summed E-state index contributed by atoms with van der Waals surface area (Å²) in [7, 11) is 0. The van der Waals surface area contributed by atoms with Crippen LogP contribution in [0.4, 0.5) is 14.9 Å². The number of nitrogens with zero attached hydrogens (tertiary/aromatic N) is 3. The zero-order chi connectivity index (χ0) is 19.6. The van der Waals surface area contributed by atoms with E-state index in [2.05, 4.69) is 4.90 Å². The van der Waals surface area contributed by atoms with Crippen LogP contribution < -0.4 is 0 Å². The van der Waals surface area contributed by atoms with Crippen LogP contribution in [0, 0.1) is 22.9 Å². The maximum atomic E-state index is 13.7. The van der Waals surface area contributed by atoms with E-state index in [1.54, 1.807) is 11.8 Å². The minimum Gasteiger partial charge on any atom is -0.444 e. The molecule has 1 aromatic carbocycles. The van der Waals surface area contributed by atoms with Crippen LogP contribution in [0.2, 0.25) is 0 Å². The normalized spacial score (nSPS) is 18.7. The molecular weight excluding hydrogens is 341 g/mol. The van der Waals surface area contributed by atoms with Gasteiger partial charge >= 0.3 is 6.09 Å². The number of hydrogen-bond donors (Lipinski definition) is 0. The largest absolute Gasteiger partial charge is 0.444 e. The second-order valence-electron chi connectivity index (χ2n) is 7.72. The van der Waals surface area contributed by atoms with Gasteiger partial charge in [-0.15, -0.1) is 0 Å². The van der Waals surface area contributed by atoms with Gasteiger partial charge in [0.05, 0.1) is 11.0 Å². The van der Waals surface area contributed by atoms with E-state index in [0.717, 1.165) is 6.07 Å². The van der Waals surface area contributed by atoms with Gasteiger partial charge in [0, 0.05) is 37.8 Å². The first kappa shape index (κ1) is 20.1. The first-order valence-corrected chi connectivity index (χ1v) is 8.63. The number of nitro benzene ring substituents is 1. The van der Waals surface area contributed by atoms with E-state index in [4.69, 9.17) is 4.74 Å². The Morgan fingerprint density at radius 1 is 1.38 bits per heavy atom. The molecule has 7 nitrogen and oxygen atoms in total. The predicted octanol–water partition coefficient (Wildman–Crippen LogP) is 3.48. The summed E-state index contributed by atoms with van der Waals surface area (Å²) in [5.41, 5.74) is 0.305. The summed E-state index contributed by atoms with van der Waals surface area (Å²) < 4.78 is 19.2. The van der Waals surface area contributed by atoms with E-state index in [-0.39, 0.29) is 17.8 Å². The fourth-order valence-corrected chi connectivity index (χ4v) is 3.08. The summed E-state index contributed by atoms with van der Waals surface area (Å²) in [6.07, 6.45) is -0.345. The molecule has 144 valence electrons. The van der Waals surface area contributed by atoms with Crippen molar-refractivity contribution in [3.05, 3.63) is 39.2 Å². The van der Waals surface area contributed by atoms with Crippen LogP contribution in [-0.2, 0) is 11.3 Å². The van der Waals surface area contributed by atoms with Gasteiger partial charge in [-0.2, -0.15) is 0 Å². The molecule has 1 aliphatic heterocycles. The van der Waals surface area contributed by atoms with Gasteiger partial charge in [0.25, 0.3) is 5.69 Å². The van der Waals surface area contributed by atoms with Gasteiger partial charge < -0.3 is 9.64 Å². The standard InChI is InChI=1S/C18H26FN3O4/c1-12-10-20(6-7-21(12)17(23)26-18(3,4)5)11-14-8-15(19)9-16(13(14)2)22(24)25/h8-9,12H,6-7,10-11H2,1-5H3. The summed E-state index contributed by atoms with van der Waals surface area (Å²) in [6.45, 7) is 11.1. The van der Waals surface area contributed by atoms with Crippen molar-refractivity contribution < 1.29 is 18.8 Å². The molecule has 0 aromatic heterocycles. The number of hydrogen-bond acceptors (Lipinski definition) is 5. The van der Waals surface area contributed by atoms with Crippen LogP contribution in [-0.4, -0.2) is 52.1 Å². The Morgan fingerprint density at radius 2 is 2.04 bits per heavy atom. The first-order chi connectivity index (χ1) is 12.0. The van der Waals surface area contributed by atoms with Crippen molar-refractivity contribution in [3.63, 3.8) is 0 Å². The molecule has 1 fully saturated rings. The van der Waals surface area contributed by atoms with Crippen LogP contribution in [0.15, 0.2) is 12.1 Å². The smallest absolute Gasteiger partial charge is 0.410 e. The van der Waals surface area contributed by atoms with Crippen molar-refractivity contribution >= 4 is 11.8 Å². The highest BCUT2D eigenvalue weighted by Crippen LogP contribution is 2.25. The number of benzene rings is 1. The van der Waals surface area contributed by atoms with Crippen LogP contribution in [0.25, 0.3) is 0 Å². The van der Waals surface area contributed by atoms with Crippen LogP contribution in [0.3, 0.4) is 0 Å². The molecule has 2 rings (SSSR count). The van der Waals surface area contributed by atoms with Gasteiger partial charge in [0.15, 0.2) is 0 Å². The molecule has 0 N–H and O–H groups in total.